The normalized spacial score (nSPS) is 16.7. The topological polar surface area (TPSA) is 211 Å². The maximum Gasteiger partial charge on any atom is 0.417 e. The molecule has 3 saturated heterocycles. The van der Waals surface area contributed by atoms with Crippen LogP contribution >= 0.6 is 12.4 Å². The van der Waals surface area contributed by atoms with Gasteiger partial charge in [0.2, 0.25) is 29.0 Å². The molecule has 9 rings (SSSR count). The number of rotatable bonds is 9. The van der Waals surface area contributed by atoms with Crippen LogP contribution in [0.1, 0.15) is 63.0 Å². The number of carbonyl (C=O) groups excluding carboxylic acids is 1. The van der Waals surface area contributed by atoms with E-state index < -0.39 is 110 Å². The second-order valence-electron chi connectivity index (χ2n) is 19.0. The average molecular weight is 1380 g/mol. The van der Waals surface area contributed by atoms with Crippen molar-refractivity contribution in [2.24, 2.45) is 5.73 Å². The zero-order valence-corrected chi connectivity index (χ0v) is 47.7. The van der Waals surface area contributed by atoms with Crippen molar-refractivity contribution in [3.63, 3.8) is 0 Å². The molecular weight excluding hydrogens is 1330 g/mol. The number of primary amides is 1. The second kappa shape index (κ2) is 31.1. The molecule has 38 heteroatoms. The zero-order valence-electron chi connectivity index (χ0n) is 46.0. The van der Waals surface area contributed by atoms with Crippen molar-refractivity contribution in [3.05, 3.63) is 177 Å². The van der Waals surface area contributed by atoms with Gasteiger partial charge in [0.25, 0.3) is 5.91 Å². The standard InChI is InChI=1S/C18H15F6N3O2.C18H13F6N3O.C10H11F3N2O.C8H3F4N.ClH.H2O4S/c19-17(20,21)10-1-3-14(13(7-10)16(25)28)27-6-5-12(9-27)29-15-4-2-11(8-26-15)18(22,23)24;1-25-14-8-11(17(19,20)21)2-4-15(14)27-7-6-13(10-27)28-16-5-3-12(9-26-16)18(22,23)24;11-10(12,13)7-1-2-9(15-5-7)16-8-3-4-14-6-8;1-13-7-4-5(8(10,11)12)2-3-6(7)9;;1-5(2,3)4/h1-4,7-8,12H,5-6,9H2,(H2,25,28);2-5,8-9,13H,6-7,10H2;1-2,5,8,14H,3-4,6H2;2-4H;1H;(H2,1,2,3,4)/t12-;13-;8-;;;/m000.../s1. The lowest BCUT2D eigenvalue weighted by atomic mass is 10.1. The SMILES string of the molecule is Cl.FC(F)(F)c1ccc(O[C@H]2CCNC2)nc1.NC(=O)c1cc(C(F)(F)F)ccc1N1CC[C@H](Oc2ccc(C(F)(F)F)cn2)C1.O=S(=O)(O)O.[C-]#[N+]c1cc(C(F)(F)F)ccc1F.[C-]#[N+]c1cc(C(F)(F)F)ccc1N1CC[C@H](Oc2ccc(C(F)(F)F)cn2)C1. The number of amides is 1. The van der Waals surface area contributed by atoms with E-state index in [9.17, 15) is 88.2 Å². The molecule has 17 nitrogen and oxygen atoms in total. The first kappa shape index (κ1) is 75.8. The highest BCUT2D eigenvalue weighted by atomic mass is 35.5. The molecule has 0 saturated carbocycles. The van der Waals surface area contributed by atoms with Gasteiger partial charge in [-0.05, 0) is 79.7 Å². The number of nitrogens with zero attached hydrogens (tertiary/aromatic N) is 7. The van der Waals surface area contributed by atoms with E-state index in [0.717, 1.165) is 67.7 Å². The molecule has 3 aromatic heterocycles. The summed E-state index contributed by atoms with van der Waals surface area (Å²) in [7, 11) is -4.67. The molecule has 0 radical (unpaired) electrons. The van der Waals surface area contributed by atoms with Gasteiger partial charge in [-0.15, -0.1) is 12.4 Å². The van der Waals surface area contributed by atoms with Crippen molar-refractivity contribution in [2.45, 2.75) is 74.6 Å². The van der Waals surface area contributed by atoms with E-state index in [1.807, 2.05) is 0 Å². The van der Waals surface area contributed by atoms with Crippen molar-refractivity contribution in [3.8, 4) is 17.6 Å². The van der Waals surface area contributed by atoms with Crippen LogP contribution < -0.4 is 35.1 Å². The van der Waals surface area contributed by atoms with Gasteiger partial charge in [-0.2, -0.15) is 87.4 Å². The van der Waals surface area contributed by atoms with Crippen LogP contribution in [0.2, 0.25) is 0 Å². The van der Waals surface area contributed by atoms with E-state index in [0.29, 0.717) is 74.8 Å². The summed E-state index contributed by atoms with van der Waals surface area (Å²) < 4.78 is 286. The number of nitrogens with two attached hydrogens (primary N) is 1. The number of pyridine rings is 3. The third-order valence-corrected chi connectivity index (χ3v) is 12.4. The Hall–Kier alpha value is -8.65. The summed E-state index contributed by atoms with van der Waals surface area (Å²) >= 11 is 0. The summed E-state index contributed by atoms with van der Waals surface area (Å²) in [6.07, 6.45) is -24.0. The minimum absolute atomic E-state index is 0. The molecule has 3 fully saturated rings. The lowest BCUT2D eigenvalue weighted by Crippen LogP contribution is -2.27. The molecular formula is C54H45ClF19N9O8S. The van der Waals surface area contributed by atoms with E-state index in [1.165, 1.54) is 18.2 Å². The van der Waals surface area contributed by atoms with Crippen molar-refractivity contribution in [1.29, 1.82) is 0 Å². The van der Waals surface area contributed by atoms with E-state index >= 15 is 0 Å². The predicted octanol–water partition coefficient (Wildman–Crippen LogP) is 14.2. The van der Waals surface area contributed by atoms with Gasteiger partial charge in [0, 0.05) is 91.8 Å². The Morgan fingerprint density at radius 3 is 1.20 bits per heavy atom. The molecule has 0 bridgehead atoms. The number of ether oxygens (including phenoxy) is 3. The fraction of sp³-hybridized carbons (Fsp3) is 0.333. The van der Waals surface area contributed by atoms with Gasteiger partial charge in [-0.25, -0.2) is 29.0 Å². The summed E-state index contributed by atoms with van der Waals surface area (Å²) in [5.74, 6) is -1.69. The molecule has 92 heavy (non-hydrogen) atoms. The third-order valence-electron chi connectivity index (χ3n) is 12.4. The van der Waals surface area contributed by atoms with Gasteiger partial charge in [-0.3, -0.25) is 13.9 Å². The van der Waals surface area contributed by atoms with Gasteiger partial charge in [0.05, 0.1) is 54.1 Å². The quantitative estimate of drug-likeness (QED) is 0.0603. The van der Waals surface area contributed by atoms with E-state index in [4.69, 9.17) is 50.6 Å². The van der Waals surface area contributed by atoms with Crippen molar-refractivity contribution in [1.82, 2.24) is 20.3 Å². The number of hydrogen-bond acceptors (Lipinski definition) is 12. The first-order chi connectivity index (χ1) is 42.0. The molecule has 0 spiro atoms. The fourth-order valence-corrected chi connectivity index (χ4v) is 8.20. The molecule has 3 atom stereocenters. The molecule has 3 aliphatic rings. The predicted molar refractivity (Wildman–Crippen MR) is 289 cm³/mol. The Morgan fingerprint density at radius 2 is 0.859 bits per heavy atom. The molecule has 6 heterocycles. The molecule has 3 aliphatic heterocycles. The highest BCUT2D eigenvalue weighted by Gasteiger charge is 2.37. The highest BCUT2D eigenvalue weighted by Crippen LogP contribution is 2.40. The lowest BCUT2D eigenvalue weighted by molar-refractivity contribution is -0.138. The molecule has 1 amide bonds. The van der Waals surface area contributed by atoms with Crippen molar-refractivity contribution in [2.75, 3.05) is 49.1 Å². The zero-order chi connectivity index (χ0) is 68.1. The molecule has 6 aromatic rings. The smallest absolute Gasteiger partial charge is 0.417 e. The summed E-state index contributed by atoms with van der Waals surface area (Å²) in [5, 5.41) is 3.10. The number of hydrogen-bond donors (Lipinski definition) is 4. The van der Waals surface area contributed by atoms with E-state index in [-0.39, 0.29) is 66.2 Å². The molecule has 0 unspecified atom stereocenters. The van der Waals surface area contributed by atoms with E-state index in [2.05, 4.69) is 30.0 Å². The van der Waals surface area contributed by atoms with Gasteiger partial charge in [0.15, 0.2) is 0 Å². The number of aromatic nitrogens is 3. The number of anilines is 2. The Balaban J connectivity index is 0.000000265. The van der Waals surface area contributed by atoms with Gasteiger partial charge in [-0.1, -0.05) is 6.07 Å². The number of halogens is 20. The molecule has 5 N–H and O–H groups in total. The minimum Gasteiger partial charge on any atom is -0.473 e. The van der Waals surface area contributed by atoms with Crippen LogP contribution in [0, 0.1) is 19.0 Å². The first-order valence-electron chi connectivity index (χ1n) is 25.4. The van der Waals surface area contributed by atoms with Crippen LogP contribution in [0.5, 0.6) is 17.6 Å². The Kier molecular flexibility index (Phi) is 25.6. The molecule has 0 aliphatic carbocycles. The maximum atomic E-state index is 12.9. The third kappa shape index (κ3) is 23.5. The summed E-state index contributed by atoms with van der Waals surface area (Å²) in [6, 6.07) is 13.6. The van der Waals surface area contributed by atoms with Crippen LogP contribution in [0.25, 0.3) is 9.69 Å². The Morgan fingerprint density at radius 1 is 0.522 bits per heavy atom. The number of benzene rings is 3. The summed E-state index contributed by atoms with van der Waals surface area (Å²) in [4.78, 5) is 31.7. The number of nitrogens with one attached hydrogen (secondary N) is 1. The monoisotopic (exact) mass is 1380 g/mol. The van der Waals surface area contributed by atoms with Crippen LogP contribution in [-0.4, -0.2) is 96.0 Å². The van der Waals surface area contributed by atoms with Crippen LogP contribution in [0.15, 0.2) is 110 Å². The van der Waals surface area contributed by atoms with E-state index in [1.54, 1.807) is 9.80 Å². The fourth-order valence-electron chi connectivity index (χ4n) is 8.20. The first-order valence-corrected chi connectivity index (χ1v) is 26.8. The highest BCUT2D eigenvalue weighted by molar-refractivity contribution is 7.79. The minimum atomic E-state index is -4.67. The number of alkyl halides is 18. The van der Waals surface area contributed by atoms with Crippen LogP contribution in [0.3, 0.4) is 0 Å². The summed E-state index contributed by atoms with van der Waals surface area (Å²) in [5.41, 5.74) is -0.645. The van der Waals surface area contributed by atoms with Gasteiger partial charge < -0.3 is 35.1 Å². The Bertz CT molecular complexity index is 3610. The van der Waals surface area contributed by atoms with Crippen molar-refractivity contribution < 1.29 is 120 Å². The van der Waals surface area contributed by atoms with Crippen LogP contribution in [-0.2, 0) is 47.5 Å². The van der Waals surface area contributed by atoms with Crippen LogP contribution in [0.4, 0.5) is 106 Å². The largest absolute Gasteiger partial charge is 0.473 e. The lowest BCUT2D eigenvalue weighted by Gasteiger charge is -2.22. The van der Waals surface area contributed by atoms with Crippen molar-refractivity contribution >= 4 is 51.5 Å². The number of carbonyl (C=O) groups is 1. The second-order valence-corrected chi connectivity index (χ2v) is 19.9. The maximum absolute atomic E-state index is 12.9. The van der Waals surface area contributed by atoms with Gasteiger partial charge >= 0.3 is 47.5 Å². The summed E-state index contributed by atoms with van der Waals surface area (Å²) in [6.45, 7) is 16.4. The Labute approximate surface area is 514 Å². The molecule has 3 aromatic carbocycles. The molecule has 500 valence electrons. The average Bonchev–Trinajstić information content (AvgIpc) is 1.85. The van der Waals surface area contributed by atoms with Gasteiger partial charge in [0.1, 0.15) is 24.1 Å².